The van der Waals surface area contributed by atoms with Gasteiger partial charge in [-0.15, -0.1) is 0 Å². The van der Waals surface area contributed by atoms with E-state index in [1.807, 2.05) is 18.2 Å². The van der Waals surface area contributed by atoms with Crippen LogP contribution in [-0.2, 0) is 0 Å². The third-order valence-electron chi connectivity index (χ3n) is 3.53. The molecule has 1 aromatic carbocycles. The molecule has 0 radical (unpaired) electrons. The first-order chi connectivity index (χ1) is 10.3. The van der Waals surface area contributed by atoms with Gasteiger partial charge in [-0.2, -0.15) is 0 Å². The Morgan fingerprint density at radius 2 is 1.81 bits per heavy atom. The zero-order valence-electron chi connectivity index (χ0n) is 12.7. The number of hydrogen-bond acceptors (Lipinski definition) is 2. The molecule has 0 N–H and O–H groups in total. The Labute approximate surface area is 126 Å². The van der Waals surface area contributed by atoms with E-state index in [9.17, 15) is 4.79 Å². The fourth-order valence-electron chi connectivity index (χ4n) is 2.37. The molecule has 0 saturated carbocycles. The summed E-state index contributed by atoms with van der Waals surface area (Å²) in [5.41, 5.74) is 1.04. The molecule has 0 saturated heterocycles. The van der Waals surface area contributed by atoms with Crippen molar-refractivity contribution in [1.82, 2.24) is 0 Å². The monoisotopic (exact) mass is 282 g/mol. The van der Waals surface area contributed by atoms with Crippen molar-refractivity contribution in [3.63, 3.8) is 0 Å². The molecule has 0 aliphatic heterocycles. The Kier molecular flexibility index (Phi) is 6.09. The molecule has 0 bridgehead atoms. The highest BCUT2D eigenvalue weighted by Crippen LogP contribution is 2.15. The van der Waals surface area contributed by atoms with Crippen LogP contribution in [0.25, 0.3) is 11.0 Å². The van der Waals surface area contributed by atoms with E-state index in [-0.39, 0.29) is 5.63 Å². The third kappa shape index (κ3) is 4.79. The summed E-state index contributed by atoms with van der Waals surface area (Å²) in [7, 11) is 0. The van der Waals surface area contributed by atoms with Gasteiger partial charge in [-0.1, -0.05) is 63.0 Å². The van der Waals surface area contributed by atoms with Crippen LogP contribution in [0.5, 0.6) is 0 Å². The van der Waals surface area contributed by atoms with Gasteiger partial charge in [-0.25, -0.2) is 4.79 Å². The lowest BCUT2D eigenvalue weighted by molar-refractivity contribution is 0.560. The van der Waals surface area contributed by atoms with Crippen molar-refractivity contribution in [1.29, 1.82) is 0 Å². The topological polar surface area (TPSA) is 30.2 Å². The predicted octanol–water partition coefficient (Wildman–Crippen LogP) is 4.90. The second-order valence-electron chi connectivity index (χ2n) is 5.29. The van der Waals surface area contributed by atoms with E-state index in [0.29, 0.717) is 5.58 Å². The van der Waals surface area contributed by atoms with Crippen molar-refractivity contribution in [3.05, 3.63) is 46.3 Å². The normalized spacial score (nSPS) is 10.3. The van der Waals surface area contributed by atoms with Gasteiger partial charge in [0.15, 0.2) is 0 Å². The van der Waals surface area contributed by atoms with E-state index in [1.165, 1.54) is 38.2 Å². The number of rotatable bonds is 6. The third-order valence-corrected chi connectivity index (χ3v) is 3.53. The van der Waals surface area contributed by atoms with Crippen molar-refractivity contribution in [2.75, 3.05) is 0 Å². The molecule has 2 heteroatoms. The molecule has 2 aromatic rings. The molecular formula is C19H22O2. The molecule has 1 aromatic heterocycles. The summed E-state index contributed by atoms with van der Waals surface area (Å²) in [6.07, 6.45) is 8.51. The molecular weight excluding hydrogens is 260 g/mol. The van der Waals surface area contributed by atoms with Gasteiger partial charge in [0.2, 0.25) is 0 Å². The van der Waals surface area contributed by atoms with Gasteiger partial charge in [0.25, 0.3) is 0 Å². The van der Waals surface area contributed by atoms with Crippen LogP contribution >= 0.6 is 0 Å². The molecule has 2 nitrogen and oxygen atoms in total. The van der Waals surface area contributed by atoms with Gasteiger partial charge >= 0.3 is 5.63 Å². The Bertz CT molecular complexity index is 686. The number of fused-ring (bicyclic) bond motifs is 1. The predicted molar refractivity (Wildman–Crippen MR) is 87.4 cm³/mol. The summed E-state index contributed by atoms with van der Waals surface area (Å²) in [5.74, 6) is 6.30. The Balaban J connectivity index is 1.95. The molecule has 0 aliphatic carbocycles. The minimum Gasteiger partial charge on any atom is -0.423 e. The van der Waals surface area contributed by atoms with E-state index < -0.39 is 0 Å². The average Bonchev–Trinajstić information content (AvgIpc) is 2.49. The van der Waals surface area contributed by atoms with Crippen molar-refractivity contribution in [2.45, 2.75) is 51.9 Å². The molecule has 1 heterocycles. The summed E-state index contributed by atoms with van der Waals surface area (Å²) >= 11 is 0. The molecule has 2 rings (SSSR count). The van der Waals surface area contributed by atoms with Crippen LogP contribution in [0.4, 0.5) is 0 Å². The standard InChI is InChI=1S/C19H22O2/c1-2-3-4-5-6-7-8-9-12-16-15-19(20)21-18-14-11-10-13-17(16)18/h10-11,13-15H,2-8H2,1H3. The number of benzene rings is 1. The minimum atomic E-state index is -0.336. The first kappa shape index (κ1) is 15.4. The van der Waals surface area contributed by atoms with Gasteiger partial charge in [0.05, 0.1) is 0 Å². The second kappa shape index (κ2) is 8.32. The molecule has 21 heavy (non-hydrogen) atoms. The fraction of sp³-hybridized carbons (Fsp3) is 0.421. The Morgan fingerprint density at radius 3 is 2.67 bits per heavy atom. The second-order valence-corrected chi connectivity index (χ2v) is 5.29. The van der Waals surface area contributed by atoms with E-state index >= 15 is 0 Å². The quantitative estimate of drug-likeness (QED) is 0.429. The molecule has 0 atom stereocenters. The first-order valence-electron chi connectivity index (χ1n) is 7.83. The summed E-state index contributed by atoms with van der Waals surface area (Å²) in [4.78, 5) is 11.5. The zero-order chi connectivity index (χ0) is 14.9. The zero-order valence-corrected chi connectivity index (χ0v) is 12.7. The van der Waals surface area contributed by atoms with Gasteiger partial charge < -0.3 is 4.42 Å². The maximum absolute atomic E-state index is 11.5. The Hall–Kier alpha value is -2.01. The van der Waals surface area contributed by atoms with Crippen LogP contribution in [0.1, 0.15) is 57.4 Å². The maximum atomic E-state index is 11.5. The smallest absolute Gasteiger partial charge is 0.337 e. The SMILES string of the molecule is CCCCCCCCC#Cc1cc(=O)oc2ccccc12. The van der Waals surface area contributed by atoms with Crippen LogP contribution in [0, 0.1) is 11.8 Å². The maximum Gasteiger partial charge on any atom is 0.337 e. The van der Waals surface area contributed by atoms with Gasteiger partial charge in [-0.05, 0) is 18.6 Å². The lowest BCUT2D eigenvalue weighted by Gasteiger charge is -1.98. The molecule has 0 aliphatic rings. The molecule has 0 amide bonds. The molecule has 110 valence electrons. The van der Waals surface area contributed by atoms with Crippen molar-refractivity contribution in [2.24, 2.45) is 0 Å². The van der Waals surface area contributed by atoms with Gasteiger partial charge in [0, 0.05) is 23.4 Å². The van der Waals surface area contributed by atoms with Crippen LogP contribution < -0.4 is 5.63 Å². The highest BCUT2D eigenvalue weighted by Gasteiger charge is 2.01. The van der Waals surface area contributed by atoms with Gasteiger partial charge in [-0.3, -0.25) is 0 Å². The first-order valence-corrected chi connectivity index (χ1v) is 7.83. The van der Waals surface area contributed by atoms with E-state index in [0.717, 1.165) is 23.8 Å². The van der Waals surface area contributed by atoms with Crippen molar-refractivity contribution < 1.29 is 4.42 Å². The summed E-state index contributed by atoms with van der Waals surface area (Å²) in [6.45, 7) is 2.23. The fourth-order valence-corrected chi connectivity index (χ4v) is 2.37. The minimum absolute atomic E-state index is 0.336. The molecule has 0 spiro atoms. The lowest BCUT2D eigenvalue weighted by Crippen LogP contribution is -1.98. The van der Waals surface area contributed by atoms with E-state index in [2.05, 4.69) is 18.8 Å². The summed E-state index contributed by atoms with van der Waals surface area (Å²) in [5, 5.41) is 0.910. The van der Waals surface area contributed by atoms with Crippen LogP contribution in [-0.4, -0.2) is 0 Å². The lowest BCUT2D eigenvalue weighted by atomic mass is 10.1. The number of hydrogen-bond donors (Lipinski definition) is 0. The van der Waals surface area contributed by atoms with E-state index in [1.54, 1.807) is 6.07 Å². The Morgan fingerprint density at radius 1 is 1.05 bits per heavy atom. The number of unbranched alkanes of at least 4 members (excludes halogenated alkanes) is 6. The average molecular weight is 282 g/mol. The van der Waals surface area contributed by atoms with Crippen molar-refractivity contribution >= 4 is 11.0 Å². The highest BCUT2D eigenvalue weighted by molar-refractivity contribution is 5.82. The number of para-hydroxylation sites is 1. The largest absolute Gasteiger partial charge is 0.423 e. The van der Waals surface area contributed by atoms with Crippen LogP contribution in [0.3, 0.4) is 0 Å². The highest BCUT2D eigenvalue weighted by atomic mass is 16.4. The van der Waals surface area contributed by atoms with E-state index in [4.69, 9.17) is 4.42 Å². The summed E-state index contributed by atoms with van der Waals surface area (Å²) < 4.78 is 5.16. The van der Waals surface area contributed by atoms with Crippen molar-refractivity contribution in [3.8, 4) is 11.8 Å². The van der Waals surface area contributed by atoms with Crippen LogP contribution in [0.2, 0.25) is 0 Å². The molecule has 0 unspecified atom stereocenters. The van der Waals surface area contributed by atoms with Gasteiger partial charge in [0.1, 0.15) is 5.58 Å². The van der Waals surface area contributed by atoms with Crippen LogP contribution in [0.15, 0.2) is 39.5 Å². The summed E-state index contributed by atoms with van der Waals surface area (Å²) in [6, 6.07) is 9.01. The molecule has 0 fully saturated rings.